The largest absolute Gasteiger partial charge is 0.308 e. The molecule has 0 amide bonds. The molecule has 18 heavy (non-hydrogen) atoms. The van der Waals surface area contributed by atoms with Gasteiger partial charge in [0.15, 0.2) is 0 Å². The van der Waals surface area contributed by atoms with E-state index in [9.17, 15) is 0 Å². The van der Waals surface area contributed by atoms with E-state index in [4.69, 9.17) is 5.84 Å². The van der Waals surface area contributed by atoms with Crippen molar-refractivity contribution in [3.8, 4) is 0 Å². The fraction of sp³-hybridized carbons (Fsp3) is 0.400. The summed E-state index contributed by atoms with van der Waals surface area (Å²) in [6.07, 6.45) is 0. The normalized spacial score (nSPS) is 11.9. The second kappa shape index (κ2) is 4.25. The predicted octanol–water partition coefficient (Wildman–Crippen LogP) is 3.43. The summed E-state index contributed by atoms with van der Waals surface area (Å²) in [5.74, 6) is 6.37. The number of aromatic nitrogens is 1. The third-order valence-corrected chi connectivity index (χ3v) is 3.23. The zero-order chi connectivity index (χ0) is 13.5. The minimum atomic E-state index is 0.0141. The Morgan fingerprint density at radius 2 is 1.78 bits per heavy atom. The summed E-state index contributed by atoms with van der Waals surface area (Å²) in [5, 5.41) is 1.20. The van der Waals surface area contributed by atoms with E-state index < -0.39 is 0 Å². The number of aryl methyl sites for hydroxylation is 2. The molecule has 0 bridgehead atoms. The van der Waals surface area contributed by atoms with Gasteiger partial charge in [0.2, 0.25) is 0 Å². The minimum Gasteiger partial charge on any atom is -0.308 e. The molecule has 0 spiro atoms. The summed E-state index contributed by atoms with van der Waals surface area (Å²) in [7, 11) is 0. The van der Waals surface area contributed by atoms with E-state index in [1.54, 1.807) is 0 Å². The maximum Gasteiger partial charge on any atom is 0.144 e. The second-order valence-corrected chi connectivity index (χ2v) is 5.93. The lowest BCUT2D eigenvalue weighted by Crippen LogP contribution is -2.19. The first-order valence-corrected chi connectivity index (χ1v) is 6.22. The summed E-state index contributed by atoms with van der Waals surface area (Å²) in [6, 6.07) is 6.48. The van der Waals surface area contributed by atoms with Crippen molar-refractivity contribution in [1.29, 1.82) is 0 Å². The van der Waals surface area contributed by atoms with Crippen molar-refractivity contribution in [2.75, 3.05) is 5.43 Å². The molecule has 0 aliphatic heterocycles. The Morgan fingerprint density at radius 1 is 1.11 bits per heavy atom. The molecule has 1 aromatic carbocycles. The van der Waals surface area contributed by atoms with Crippen LogP contribution in [-0.2, 0) is 5.41 Å². The van der Waals surface area contributed by atoms with Crippen LogP contribution in [0.5, 0.6) is 0 Å². The first kappa shape index (κ1) is 12.8. The van der Waals surface area contributed by atoms with Crippen molar-refractivity contribution < 1.29 is 0 Å². The Bertz CT molecular complexity index is 595. The van der Waals surface area contributed by atoms with Gasteiger partial charge in [-0.3, -0.25) is 0 Å². The maximum absolute atomic E-state index is 5.60. The average molecular weight is 243 g/mol. The Morgan fingerprint density at radius 3 is 2.33 bits per heavy atom. The number of pyridine rings is 1. The lowest BCUT2D eigenvalue weighted by molar-refractivity contribution is 0.590. The van der Waals surface area contributed by atoms with Gasteiger partial charge in [-0.1, -0.05) is 26.8 Å². The standard InChI is InChI=1S/C15H21N3/c1-9-6-10(2)11-8-12(15(3,4)5)14(18-16)17-13(11)7-9/h6-8H,16H2,1-5H3,(H,17,18). The lowest BCUT2D eigenvalue weighted by Gasteiger charge is -2.23. The number of anilines is 1. The van der Waals surface area contributed by atoms with Crippen molar-refractivity contribution in [2.45, 2.75) is 40.0 Å². The van der Waals surface area contributed by atoms with Gasteiger partial charge >= 0.3 is 0 Å². The molecular formula is C15H21N3. The molecule has 0 aliphatic rings. The highest BCUT2D eigenvalue weighted by molar-refractivity contribution is 5.85. The van der Waals surface area contributed by atoms with Gasteiger partial charge in [-0.15, -0.1) is 0 Å². The molecule has 96 valence electrons. The molecule has 0 aliphatic carbocycles. The summed E-state index contributed by atoms with van der Waals surface area (Å²) in [4.78, 5) is 4.65. The van der Waals surface area contributed by atoms with Crippen LogP contribution in [0.3, 0.4) is 0 Å². The zero-order valence-corrected chi connectivity index (χ0v) is 11.8. The van der Waals surface area contributed by atoms with Crippen LogP contribution in [0.15, 0.2) is 18.2 Å². The molecule has 0 fully saturated rings. The molecule has 0 radical (unpaired) electrons. The third kappa shape index (κ3) is 2.18. The number of nitrogens with one attached hydrogen (secondary N) is 1. The SMILES string of the molecule is Cc1cc(C)c2cc(C(C)(C)C)c(NN)nc2c1. The Labute approximate surface area is 108 Å². The molecule has 3 heteroatoms. The highest BCUT2D eigenvalue weighted by Crippen LogP contribution is 2.32. The van der Waals surface area contributed by atoms with Crippen LogP contribution in [-0.4, -0.2) is 4.98 Å². The molecular weight excluding hydrogens is 222 g/mol. The van der Waals surface area contributed by atoms with Crippen LogP contribution in [0.4, 0.5) is 5.82 Å². The van der Waals surface area contributed by atoms with Gasteiger partial charge in [-0.05, 0) is 42.5 Å². The average Bonchev–Trinajstić information content (AvgIpc) is 2.25. The van der Waals surface area contributed by atoms with Crippen LogP contribution in [0.2, 0.25) is 0 Å². The third-order valence-electron chi connectivity index (χ3n) is 3.23. The van der Waals surface area contributed by atoms with E-state index in [2.05, 4.69) is 63.2 Å². The van der Waals surface area contributed by atoms with Gasteiger partial charge in [0.1, 0.15) is 5.82 Å². The molecule has 2 aromatic rings. The smallest absolute Gasteiger partial charge is 0.144 e. The fourth-order valence-electron chi connectivity index (χ4n) is 2.31. The number of fused-ring (bicyclic) bond motifs is 1. The van der Waals surface area contributed by atoms with E-state index in [-0.39, 0.29) is 5.41 Å². The van der Waals surface area contributed by atoms with Gasteiger partial charge in [0.25, 0.3) is 0 Å². The Kier molecular flexibility index (Phi) is 3.03. The van der Waals surface area contributed by atoms with Crippen molar-refractivity contribution in [3.63, 3.8) is 0 Å². The molecule has 0 atom stereocenters. The van der Waals surface area contributed by atoms with Crippen LogP contribution < -0.4 is 11.3 Å². The monoisotopic (exact) mass is 243 g/mol. The molecule has 3 nitrogen and oxygen atoms in total. The van der Waals surface area contributed by atoms with Crippen LogP contribution >= 0.6 is 0 Å². The second-order valence-electron chi connectivity index (χ2n) is 5.93. The van der Waals surface area contributed by atoms with E-state index in [1.165, 1.54) is 16.5 Å². The number of hydrogen-bond acceptors (Lipinski definition) is 3. The Hall–Kier alpha value is -1.61. The van der Waals surface area contributed by atoms with Crippen molar-refractivity contribution >= 4 is 16.7 Å². The molecule has 1 heterocycles. The number of rotatable bonds is 1. The molecule has 3 N–H and O–H groups in total. The summed E-state index contributed by atoms with van der Waals surface area (Å²) in [5.41, 5.74) is 7.35. The lowest BCUT2D eigenvalue weighted by atomic mass is 9.86. The summed E-state index contributed by atoms with van der Waals surface area (Å²) < 4.78 is 0. The number of nitrogens with zero attached hydrogens (tertiary/aromatic N) is 1. The van der Waals surface area contributed by atoms with Gasteiger partial charge in [0, 0.05) is 10.9 Å². The fourth-order valence-corrected chi connectivity index (χ4v) is 2.31. The van der Waals surface area contributed by atoms with Crippen molar-refractivity contribution in [2.24, 2.45) is 5.84 Å². The highest BCUT2D eigenvalue weighted by atomic mass is 15.2. The summed E-state index contributed by atoms with van der Waals surface area (Å²) >= 11 is 0. The van der Waals surface area contributed by atoms with Gasteiger partial charge in [0.05, 0.1) is 5.52 Å². The quantitative estimate of drug-likeness (QED) is 0.596. The zero-order valence-electron chi connectivity index (χ0n) is 11.8. The van der Waals surface area contributed by atoms with Gasteiger partial charge in [-0.2, -0.15) is 0 Å². The number of hydrazine groups is 1. The van der Waals surface area contributed by atoms with E-state index in [1.807, 2.05) is 0 Å². The van der Waals surface area contributed by atoms with E-state index >= 15 is 0 Å². The topological polar surface area (TPSA) is 50.9 Å². The van der Waals surface area contributed by atoms with Crippen molar-refractivity contribution in [3.05, 3.63) is 34.9 Å². The molecule has 2 rings (SSSR count). The maximum atomic E-state index is 5.60. The number of hydrogen-bond donors (Lipinski definition) is 2. The number of benzene rings is 1. The number of nitrogen functional groups attached to an aromatic ring is 1. The summed E-state index contributed by atoms with van der Waals surface area (Å²) in [6.45, 7) is 10.7. The highest BCUT2D eigenvalue weighted by Gasteiger charge is 2.20. The molecule has 0 saturated heterocycles. The van der Waals surface area contributed by atoms with Crippen LogP contribution in [0.1, 0.15) is 37.5 Å². The van der Waals surface area contributed by atoms with Crippen LogP contribution in [0.25, 0.3) is 10.9 Å². The molecule has 0 unspecified atom stereocenters. The molecule has 1 aromatic heterocycles. The van der Waals surface area contributed by atoms with Gasteiger partial charge in [-0.25, -0.2) is 10.8 Å². The van der Waals surface area contributed by atoms with Gasteiger partial charge < -0.3 is 5.43 Å². The Balaban J connectivity index is 2.82. The molecule has 0 saturated carbocycles. The first-order chi connectivity index (χ1) is 8.32. The predicted molar refractivity (Wildman–Crippen MR) is 77.7 cm³/mol. The minimum absolute atomic E-state index is 0.0141. The van der Waals surface area contributed by atoms with Crippen LogP contribution in [0, 0.1) is 13.8 Å². The first-order valence-electron chi connectivity index (χ1n) is 6.22. The number of nitrogens with two attached hydrogens (primary N) is 1. The van der Waals surface area contributed by atoms with E-state index in [0.717, 1.165) is 16.9 Å². The van der Waals surface area contributed by atoms with Crippen molar-refractivity contribution in [1.82, 2.24) is 4.98 Å². The van der Waals surface area contributed by atoms with E-state index in [0.29, 0.717) is 0 Å².